The molecule has 2 rings (SSSR count). The van der Waals surface area contributed by atoms with Crippen LogP contribution < -0.4 is 5.32 Å². The molecule has 20 heavy (non-hydrogen) atoms. The zero-order valence-electron chi connectivity index (χ0n) is 14.3. The maximum atomic E-state index is 3.79. The smallest absolute Gasteiger partial charge is 0.0219 e. The minimum Gasteiger partial charge on any atom is -0.311 e. The summed E-state index contributed by atoms with van der Waals surface area (Å²) in [5.74, 6) is 0.804. The van der Waals surface area contributed by atoms with Crippen LogP contribution in [0.5, 0.6) is 0 Å². The molecule has 0 aromatic heterocycles. The molecule has 0 aromatic carbocycles. The molecule has 0 spiro atoms. The third-order valence-corrected chi connectivity index (χ3v) is 5.49. The highest BCUT2D eigenvalue weighted by atomic mass is 15.2. The maximum Gasteiger partial charge on any atom is 0.0219 e. The molecule has 0 amide bonds. The van der Waals surface area contributed by atoms with Crippen molar-refractivity contribution in [1.82, 2.24) is 10.2 Å². The average molecular weight is 280 g/mol. The number of nitrogens with one attached hydrogen (secondary N) is 1. The lowest BCUT2D eigenvalue weighted by Crippen LogP contribution is -2.58. The van der Waals surface area contributed by atoms with Crippen molar-refractivity contribution in [3.63, 3.8) is 0 Å². The van der Waals surface area contributed by atoms with E-state index in [0.717, 1.165) is 12.0 Å². The van der Waals surface area contributed by atoms with E-state index in [1.807, 2.05) is 0 Å². The van der Waals surface area contributed by atoms with Gasteiger partial charge in [0.15, 0.2) is 0 Å². The first kappa shape index (κ1) is 16.3. The molecule has 118 valence electrons. The summed E-state index contributed by atoms with van der Waals surface area (Å²) >= 11 is 0. The van der Waals surface area contributed by atoms with E-state index in [2.05, 4.69) is 37.9 Å². The van der Waals surface area contributed by atoms with Crippen LogP contribution in [0.3, 0.4) is 0 Å². The van der Waals surface area contributed by atoms with Crippen molar-refractivity contribution >= 4 is 0 Å². The Morgan fingerprint density at radius 2 is 1.90 bits per heavy atom. The van der Waals surface area contributed by atoms with Gasteiger partial charge < -0.3 is 5.32 Å². The van der Waals surface area contributed by atoms with E-state index in [1.54, 1.807) is 0 Å². The van der Waals surface area contributed by atoms with Crippen LogP contribution in [-0.2, 0) is 0 Å². The van der Waals surface area contributed by atoms with Gasteiger partial charge in [0.2, 0.25) is 0 Å². The van der Waals surface area contributed by atoms with Crippen LogP contribution >= 0.6 is 0 Å². The molecule has 1 saturated heterocycles. The number of hydrogen-bond donors (Lipinski definition) is 1. The highest BCUT2D eigenvalue weighted by Crippen LogP contribution is 2.37. The largest absolute Gasteiger partial charge is 0.311 e. The van der Waals surface area contributed by atoms with Crippen molar-refractivity contribution in [1.29, 1.82) is 0 Å². The van der Waals surface area contributed by atoms with Crippen LogP contribution in [0, 0.1) is 11.3 Å². The van der Waals surface area contributed by atoms with Gasteiger partial charge in [0.25, 0.3) is 0 Å². The standard InChI is InChI=1S/C18H36N2/c1-5-17-12-19-16(11-15(2)3)13-20(17)14-18(4)9-7-6-8-10-18/h15-17,19H,5-14H2,1-4H3. The van der Waals surface area contributed by atoms with Gasteiger partial charge in [0.05, 0.1) is 0 Å². The van der Waals surface area contributed by atoms with E-state index in [9.17, 15) is 0 Å². The van der Waals surface area contributed by atoms with Crippen molar-refractivity contribution in [3.05, 3.63) is 0 Å². The summed E-state index contributed by atoms with van der Waals surface area (Å²) in [7, 11) is 0. The molecule has 2 unspecified atom stereocenters. The molecule has 0 radical (unpaired) electrons. The van der Waals surface area contributed by atoms with E-state index < -0.39 is 0 Å². The van der Waals surface area contributed by atoms with Crippen LogP contribution in [0.4, 0.5) is 0 Å². The zero-order chi connectivity index (χ0) is 14.6. The number of piperazine rings is 1. The first-order valence-electron chi connectivity index (χ1n) is 9.00. The minimum atomic E-state index is 0.589. The first-order chi connectivity index (χ1) is 9.52. The van der Waals surface area contributed by atoms with Gasteiger partial charge in [-0.25, -0.2) is 0 Å². The van der Waals surface area contributed by atoms with Crippen LogP contribution in [-0.4, -0.2) is 36.6 Å². The third kappa shape index (κ3) is 4.46. The topological polar surface area (TPSA) is 15.3 Å². The fourth-order valence-corrected chi connectivity index (χ4v) is 4.31. The Kier molecular flexibility index (Phi) is 5.92. The van der Waals surface area contributed by atoms with Gasteiger partial charge >= 0.3 is 0 Å². The molecule has 1 aliphatic carbocycles. The molecule has 0 aromatic rings. The van der Waals surface area contributed by atoms with Gasteiger partial charge in [-0.15, -0.1) is 0 Å². The van der Waals surface area contributed by atoms with Crippen LogP contribution in [0.1, 0.15) is 72.6 Å². The summed E-state index contributed by atoms with van der Waals surface area (Å²) < 4.78 is 0. The van der Waals surface area contributed by atoms with Crippen molar-refractivity contribution in [2.75, 3.05) is 19.6 Å². The van der Waals surface area contributed by atoms with E-state index in [4.69, 9.17) is 0 Å². The molecule has 1 saturated carbocycles. The lowest BCUT2D eigenvalue weighted by molar-refractivity contribution is 0.0528. The summed E-state index contributed by atoms with van der Waals surface area (Å²) in [6.07, 6.45) is 9.87. The van der Waals surface area contributed by atoms with Crippen LogP contribution in [0.15, 0.2) is 0 Å². The minimum absolute atomic E-state index is 0.589. The van der Waals surface area contributed by atoms with Crippen molar-refractivity contribution < 1.29 is 0 Å². The van der Waals surface area contributed by atoms with Gasteiger partial charge in [0, 0.05) is 31.7 Å². The molecule has 1 heterocycles. The van der Waals surface area contributed by atoms with E-state index >= 15 is 0 Å². The normalized spacial score (nSPS) is 31.6. The van der Waals surface area contributed by atoms with E-state index in [0.29, 0.717) is 11.5 Å². The van der Waals surface area contributed by atoms with E-state index in [1.165, 1.54) is 64.6 Å². The Morgan fingerprint density at radius 1 is 1.20 bits per heavy atom. The second-order valence-corrected chi connectivity index (χ2v) is 8.10. The lowest BCUT2D eigenvalue weighted by atomic mass is 9.75. The van der Waals surface area contributed by atoms with Crippen LogP contribution in [0.2, 0.25) is 0 Å². The predicted octanol–water partition coefficient (Wildman–Crippen LogP) is 4.06. The Labute approximate surface area is 126 Å². The van der Waals surface area contributed by atoms with E-state index in [-0.39, 0.29) is 0 Å². The lowest BCUT2D eigenvalue weighted by Gasteiger charge is -2.46. The summed E-state index contributed by atoms with van der Waals surface area (Å²) in [5.41, 5.74) is 0.589. The van der Waals surface area contributed by atoms with Crippen molar-refractivity contribution in [2.24, 2.45) is 11.3 Å². The Balaban J connectivity index is 1.94. The van der Waals surface area contributed by atoms with Crippen molar-refractivity contribution in [2.45, 2.75) is 84.7 Å². The highest BCUT2D eigenvalue weighted by molar-refractivity contribution is 4.90. The summed E-state index contributed by atoms with van der Waals surface area (Å²) in [4.78, 5) is 2.83. The molecule has 0 bridgehead atoms. The fraction of sp³-hybridized carbons (Fsp3) is 1.00. The van der Waals surface area contributed by atoms with Crippen molar-refractivity contribution in [3.8, 4) is 0 Å². The predicted molar refractivity (Wildman–Crippen MR) is 88.1 cm³/mol. The average Bonchev–Trinajstić information content (AvgIpc) is 2.38. The Morgan fingerprint density at radius 3 is 2.50 bits per heavy atom. The Bertz CT molecular complexity index is 281. The second kappa shape index (κ2) is 7.26. The van der Waals surface area contributed by atoms with Gasteiger partial charge in [-0.05, 0) is 37.0 Å². The monoisotopic (exact) mass is 280 g/mol. The van der Waals surface area contributed by atoms with Gasteiger partial charge in [-0.3, -0.25) is 4.90 Å². The molecule has 1 N–H and O–H groups in total. The molecule has 2 nitrogen and oxygen atoms in total. The fourth-order valence-electron chi connectivity index (χ4n) is 4.31. The molecule has 2 fully saturated rings. The van der Waals surface area contributed by atoms with Gasteiger partial charge in [0.1, 0.15) is 0 Å². The molecule has 2 atom stereocenters. The molecular formula is C18H36N2. The quantitative estimate of drug-likeness (QED) is 0.817. The number of nitrogens with zero attached hydrogens (tertiary/aromatic N) is 1. The number of rotatable bonds is 5. The third-order valence-electron chi connectivity index (χ3n) is 5.49. The van der Waals surface area contributed by atoms with Gasteiger partial charge in [-0.1, -0.05) is 47.0 Å². The van der Waals surface area contributed by atoms with Crippen LogP contribution in [0.25, 0.3) is 0 Å². The molecule has 2 aliphatic rings. The molecular weight excluding hydrogens is 244 g/mol. The summed E-state index contributed by atoms with van der Waals surface area (Å²) in [6.45, 7) is 13.4. The summed E-state index contributed by atoms with van der Waals surface area (Å²) in [6, 6.07) is 1.47. The van der Waals surface area contributed by atoms with Gasteiger partial charge in [-0.2, -0.15) is 0 Å². The zero-order valence-corrected chi connectivity index (χ0v) is 14.3. The second-order valence-electron chi connectivity index (χ2n) is 8.10. The summed E-state index contributed by atoms with van der Waals surface area (Å²) in [5, 5.41) is 3.79. The maximum absolute atomic E-state index is 3.79. The molecule has 2 heteroatoms. The first-order valence-corrected chi connectivity index (χ1v) is 9.00. The Hall–Kier alpha value is -0.0800. The number of hydrogen-bond acceptors (Lipinski definition) is 2. The highest BCUT2D eigenvalue weighted by Gasteiger charge is 2.34. The SMILES string of the molecule is CCC1CNC(CC(C)C)CN1CC1(C)CCCCC1. The molecule has 1 aliphatic heterocycles.